The summed E-state index contributed by atoms with van der Waals surface area (Å²) in [5, 5.41) is 8.90. The maximum absolute atomic E-state index is 12.4. The van der Waals surface area contributed by atoms with Gasteiger partial charge in [-0.2, -0.15) is 0 Å². The van der Waals surface area contributed by atoms with Gasteiger partial charge >= 0.3 is 5.97 Å². The molecule has 0 aliphatic heterocycles. The predicted octanol–water partition coefficient (Wildman–Crippen LogP) is 2.70. The molecule has 2 rings (SSSR count). The van der Waals surface area contributed by atoms with Gasteiger partial charge < -0.3 is 5.11 Å². The second kappa shape index (κ2) is 5.96. The van der Waals surface area contributed by atoms with E-state index in [1.165, 1.54) is 6.07 Å². The fraction of sp³-hybridized carbons (Fsp3) is 0.200. The number of aromatic carboxylic acids is 1. The van der Waals surface area contributed by atoms with Crippen LogP contribution in [0.3, 0.4) is 0 Å². The summed E-state index contributed by atoms with van der Waals surface area (Å²) < 4.78 is 12.4. The van der Waals surface area contributed by atoms with E-state index in [1.54, 1.807) is 12.1 Å². The summed E-state index contributed by atoms with van der Waals surface area (Å²) >= 11 is 0. The fourth-order valence-corrected chi connectivity index (χ4v) is 3.17. The number of aromatic nitrogens is 1. The topological polar surface area (TPSA) is 67.3 Å². The predicted molar refractivity (Wildman–Crippen MR) is 77.2 cm³/mol. The Kier molecular flexibility index (Phi) is 4.29. The number of carboxylic acids is 1. The highest BCUT2D eigenvalue weighted by Gasteiger charge is 2.11. The molecule has 0 spiro atoms. The third-order valence-electron chi connectivity index (χ3n) is 2.89. The van der Waals surface area contributed by atoms with Crippen molar-refractivity contribution in [1.29, 1.82) is 0 Å². The molecule has 1 heterocycles. The first-order valence-corrected chi connectivity index (χ1v) is 7.44. The van der Waals surface area contributed by atoms with Crippen molar-refractivity contribution in [2.75, 3.05) is 0 Å². The van der Waals surface area contributed by atoms with Gasteiger partial charge in [0.25, 0.3) is 0 Å². The minimum absolute atomic E-state index is 0.0273. The molecule has 0 aliphatic carbocycles. The van der Waals surface area contributed by atoms with Crippen molar-refractivity contribution in [3.63, 3.8) is 0 Å². The zero-order valence-electron chi connectivity index (χ0n) is 11.3. The third-order valence-corrected chi connectivity index (χ3v) is 4.38. The SMILES string of the molecule is Cc1ccc(C)c(S(=O)Cc2cccc(C(=O)O)n2)c1. The zero-order valence-corrected chi connectivity index (χ0v) is 12.1. The highest BCUT2D eigenvalue weighted by molar-refractivity contribution is 7.84. The van der Waals surface area contributed by atoms with Gasteiger partial charge in [0.05, 0.1) is 22.2 Å². The fourth-order valence-electron chi connectivity index (χ4n) is 1.84. The number of hydrogen-bond donors (Lipinski definition) is 1. The van der Waals surface area contributed by atoms with Crippen LogP contribution in [-0.2, 0) is 16.6 Å². The molecule has 1 aromatic carbocycles. The molecule has 0 radical (unpaired) electrons. The van der Waals surface area contributed by atoms with Crippen LogP contribution < -0.4 is 0 Å². The number of carboxylic acid groups (broad SMARTS) is 1. The molecule has 1 atom stereocenters. The smallest absolute Gasteiger partial charge is 0.354 e. The molecule has 0 saturated carbocycles. The maximum atomic E-state index is 12.4. The molecule has 104 valence electrons. The molecular formula is C15H15NO3S. The largest absolute Gasteiger partial charge is 0.477 e. The number of hydrogen-bond acceptors (Lipinski definition) is 3. The number of pyridine rings is 1. The zero-order chi connectivity index (χ0) is 14.7. The number of aryl methyl sites for hydroxylation is 2. The van der Waals surface area contributed by atoms with Gasteiger partial charge in [-0.1, -0.05) is 18.2 Å². The Labute approximate surface area is 119 Å². The summed E-state index contributed by atoms with van der Waals surface area (Å²) in [4.78, 5) is 15.6. The van der Waals surface area contributed by atoms with Crippen LogP contribution in [0, 0.1) is 13.8 Å². The lowest BCUT2D eigenvalue weighted by atomic mass is 10.2. The molecule has 0 saturated heterocycles. The molecule has 2 aromatic rings. The standard InChI is InChI=1S/C15H15NO3S/c1-10-6-7-11(2)14(8-10)20(19)9-12-4-3-5-13(16-12)15(17)18/h3-8H,9H2,1-2H3,(H,17,18). The normalized spacial score (nSPS) is 12.1. The van der Waals surface area contributed by atoms with Gasteiger partial charge in [0.2, 0.25) is 0 Å². The molecule has 0 bridgehead atoms. The molecule has 1 aromatic heterocycles. The quantitative estimate of drug-likeness (QED) is 0.939. The van der Waals surface area contributed by atoms with E-state index in [-0.39, 0.29) is 11.4 Å². The highest BCUT2D eigenvalue weighted by atomic mass is 32.2. The first-order valence-electron chi connectivity index (χ1n) is 6.12. The molecule has 0 fully saturated rings. The second-order valence-corrected chi connectivity index (χ2v) is 6.00. The summed E-state index contributed by atoms with van der Waals surface area (Å²) in [5.41, 5.74) is 2.50. The monoisotopic (exact) mass is 289 g/mol. The molecule has 20 heavy (non-hydrogen) atoms. The Balaban J connectivity index is 2.25. The van der Waals surface area contributed by atoms with Crippen molar-refractivity contribution < 1.29 is 14.1 Å². The average molecular weight is 289 g/mol. The van der Waals surface area contributed by atoms with E-state index >= 15 is 0 Å². The number of nitrogens with zero attached hydrogens (tertiary/aromatic N) is 1. The van der Waals surface area contributed by atoms with E-state index in [1.807, 2.05) is 32.0 Å². The van der Waals surface area contributed by atoms with Crippen LogP contribution in [0.2, 0.25) is 0 Å². The maximum Gasteiger partial charge on any atom is 0.354 e. The summed E-state index contributed by atoms with van der Waals surface area (Å²) in [6.07, 6.45) is 0. The molecule has 4 nitrogen and oxygen atoms in total. The van der Waals surface area contributed by atoms with Crippen molar-refractivity contribution >= 4 is 16.8 Å². The van der Waals surface area contributed by atoms with Gasteiger partial charge in [-0.3, -0.25) is 4.21 Å². The van der Waals surface area contributed by atoms with Gasteiger partial charge in [0.15, 0.2) is 0 Å². The van der Waals surface area contributed by atoms with Gasteiger partial charge in [-0.25, -0.2) is 9.78 Å². The van der Waals surface area contributed by atoms with E-state index in [0.717, 1.165) is 16.0 Å². The van der Waals surface area contributed by atoms with E-state index in [4.69, 9.17) is 5.11 Å². The van der Waals surface area contributed by atoms with Gasteiger partial charge in [-0.15, -0.1) is 0 Å². The van der Waals surface area contributed by atoms with E-state index < -0.39 is 16.8 Å². The number of rotatable bonds is 4. The molecule has 0 aliphatic rings. The van der Waals surface area contributed by atoms with Crippen LogP contribution in [0.1, 0.15) is 27.3 Å². The number of benzene rings is 1. The van der Waals surface area contributed by atoms with Crippen molar-refractivity contribution in [1.82, 2.24) is 4.98 Å². The Hall–Kier alpha value is -2.01. The van der Waals surface area contributed by atoms with Crippen LogP contribution in [0.25, 0.3) is 0 Å². The van der Waals surface area contributed by atoms with Crippen LogP contribution in [-0.4, -0.2) is 20.3 Å². The Morgan fingerprint density at radius 1 is 1.25 bits per heavy atom. The Morgan fingerprint density at radius 3 is 2.70 bits per heavy atom. The molecular weight excluding hydrogens is 274 g/mol. The first-order chi connectivity index (χ1) is 9.47. The lowest BCUT2D eigenvalue weighted by Crippen LogP contribution is -2.05. The second-order valence-electron chi connectivity index (χ2n) is 4.58. The van der Waals surface area contributed by atoms with Gasteiger partial charge in [0, 0.05) is 4.90 Å². The molecule has 1 N–H and O–H groups in total. The first kappa shape index (κ1) is 14.4. The van der Waals surface area contributed by atoms with Crippen LogP contribution in [0.5, 0.6) is 0 Å². The Morgan fingerprint density at radius 2 is 2.00 bits per heavy atom. The summed E-state index contributed by atoms with van der Waals surface area (Å²) in [6, 6.07) is 10.5. The third kappa shape index (κ3) is 3.30. The van der Waals surface area contributed by atoms with E-state index in [0.29, 0.717) is 5.69 Å². The number of carbonyl (C=O) groups is 1. The van der Waals surface area contributed by atoms with Gasteiger partial charge in [0.1, 0.15) is 5.69 Å². The average Bonchev–Trinajstić information content (AvgIpc) is 2.41. The van der Waals surface area contributed by atoms with E-state index in [2.05, 4.69) is 4.98 Å². The van der Waals surface area contributed by atoms with Crippen molar-refractivity contribution in [3.05, 3.63) is 58.9 Å². The van der Waals surface area contributed by atoms with Crippen molar-refractivity contribution in [3.8, 4) is 0 Å². The summed E-state index contributed by atoms with van der Waals surface area (Å²) in [7, 11) is -1.23. The minimum Gasteiger partial charge on any atom is -0.477 e. The van der Waals surface area contributed by atoms with Crippen LogP contribution in [0.15, 0.2) is 41.3 Å². The van der Waals surface area contributed by atoms with Crippen LogP contribution >= 0.6 is 0 Å². The highest BCUT2D eigenvalue weighted by Crippen LogP contribution is 2.17. The molecule has 5 heteroatoms. The summed E-state index contributed by atoms with van der Waals surface area (Å²) in [6.45, 7) is 3.86. The van der Waals surface area contributed by atoms with Crippen molar-refractivity contribution in [2.45, 2.75) is 24.5 Å². The van der Waals surface area contributed by atoms with Gasteiger partial charge in [-0.05, 0) is 43.2 Å². The summed E-state index contributed by atoms with van der Waals surface area (Å²) in [5.74, 6) is -0.866. The Bertz CT molecular complexity index is 683. The molecule has 1 unspecified atom stereocenters. The lowest BCUT2D eigenvalue weighted by Gasteiger charge is -2.07. The van der Waals surface area contributed by atoms with Crippen molar-refractivity contribution in [2.24, 2.45) is 0 Å². The molecule has 0 amide bonds. The lowest BCUT2D eigenvalue weighted by molar-refractivity contribution is 0.0690. The minimum atomic E-state index is -1.23. The van der Waals surface area contributed by atoms with Crippen LogP contribution in [0.4, 0.5) is 0 Å². The van der Waals surface area contributed by atoms with E-state index in [9.17, 15) is 9.00 Å².